The summed E-state index contributed by atoms with van der Waals surface area (Å²) in [5.41, 5.74) is 1.64. The highest BCUT2D eigenvalue weighted by Gasteiger charge is 2.28. The van der Waals surface area contributed by atoms with Crippen molar-refractivity contribution in [2.24, 2.45) is 0 Å². The highest BCUT2D eigenvalue weighted by molar-refractivity contribution is 5.69. The molecule has 1 aliphatic rings. The first-order chi connectivity index (χ1) is 12.6. The fourth-order valence-corrected chi connectivity index (χ4v) is 3.38. The average molecular weight is 364 g/mol. The standard InChI is InChI=1S/C19H22F2N2O3/c1-25-18-10-11-22-12-17(18)23(13-2-6-15(24)7-3-13)14-4-8-16(9-5-14)26-19(20)21/h4-5,8-13,15,19,24H,2-3,6-7H2,1H3. The predicted molar refractivity (Wildman–Crippen MR) is 94.3 cm³/mol. The van der Waals surface area contributed by atoms with Gasteiger partial charge in [-0.05, 0) is 49.9 Å². The first-order valence-electron chi connectivity index (χ1n) is 8.58. The van der Waals surface area contributed by atoms with Gasteiger partial charge in [-0.1, -0.05) is 0 Å². The van der Waals surface area contributed by atoms with E-state index in [0.717, 1.165) is 37.1 Å². The average Bonchev–Trinajstić information content (AvgIpc) is 2.65. The van der Waals surface area contributed by atoms with Crippen molar-refractivity contribution in [3.63, 3.8) is 0 Å². The Bertz CT molecular complexity index is 704. The number of methoxy groups -OCH3 is 1. The molecule has 2 aromatic rings. The normalized spacial score (nSPS) is 20.0. The molecular formula is C19H22F2N2O3. The summed E-state index contributed by atoms with van der Waals surface area (Å²) in [5.74, 6) is 0.792. The molecule has 0 radical (unpaired) electrons. The Morgan fingerprint density at radius 3 is 2.42 bits per heavy atom. The number of aromatic nitrogens is 1. The summed E-state index contributed by atoms with van der Waals surface area (Å²) in [7, 11) is 1.60. The Hall–Kier alpha value is -2.41. The lowest BCUT2D eigenvalue weighted by atomic mass is 9.91. The van der Waals surface area contributed by atoms with E-state index in [1.54, 1.807) is 37.7 Å². The van der Waals surface area contributed by atoms with E-state index in [-0.39, 0.29) is 17.9 Å². The number of alkyl halides is 2. The summed E-state index contributed by atoms with van der Waals surface area (Å²) in [6, 6.07) is 8.47. The zero-order chi connectivity index (χ0) is 18.5. The van der Waals surface area contributed by atoms with E-state index >= 15 is 0 Å². The molecule has 1 fully saturated rings. The molecule has 1 aromatic heterocycles. The third kappa shape index (κ3) is 4.22. The van der Waals surface area contributed by atoms with Crippen LogP contribution in [0.2, 0.25) is 0 Å². The van der Waals surface area contributed by atoms with Gasteiger partial charge in [-0.3, -0.25) is 4.98 Å². The summed E-state index contributed by atoms with van der Waals surface area (Å²) in [5, 5.41) is 9.83. The van der Waals surface area contributed by atoms with Crippen LogP contribution in [0.3, 0.4) is 0 Å². The van der Waals surface area contributed by atoms with Gasteiger partial charge in [-0.2, -0.15) is 8.78 Å². The molecule has 5 nitrogen and oxygen atoms in total. The number of aliphatic hydroxyl groups is 1. The minimum atomic E-state index is -2.85. The molecule has 0 atom stereocenters. The van der Waals surface area contributed by atoms with Crippen LogP contribution >= 0.6 is 0 Å². The summed E-state index contributed by atoms with van der Waals surface area (Å²) < 4.78 is 34.7. The molecule has 0 bridgehead atoms. The zero-order valence-electron chi connectivity index (χ0n) is 14.5. The van der Waals surface area contributed by atoms with Gasteiger partial charge in [0.1, 0.15) is 17.2 Å². The van der Waals surface area contributed by atoms with Gasteiger partial charge in [0.25, 0.3) is 0 Å². The van der Waals surface area contributed by atoms with Crippen molar-refractivity contribution in [3.05, 3.63) is 42.7 Å². The van der Waals surface area contributed by atoms with Crippen molar-refractivity contribution < 1.29 is 23.4 Å². The molecule has 3 rings (SSSR count). The van der Waals surface area contributed by atoms with Crippen molar-refractivity contribution >= 4 is 11.4 Å². The number of anilines is 2. The quantitative estimate of drug-likeness (QED) is 0.835. The van der Waals surface area contributed by atoms with Crippen LogP contribution in [-0.4, -0.2) is 36.0 Å². The van der Waals surface area contributed by atoms with Gasteiger partial charge in [0.15, 0.2) is 0 Å². The van der Waals surface area contributed by atoms with E-state index in [9.17, 15) is 13.9 Å². The molecule has 0 aliphatic heterocycles. The highest BCUT2D eigenvalue weighted by Crippen LogP contribution is 2.39. The number of rotatable bonds is 6. The molecule has 0 spiro atoms. The second-order valence-electron chi connectivity index (χ2n) is 6.25. The molecule has 1 saturated carbocycles. The van der Waals surface area contributed by atoms with Crippen LogP contribution in [0.5, 0.6) is 11.5 Å². The molecule has 1 aromatic carbocycles. The van der Waals surface area contributed by atoms with E-state index in [4.69, 9.17) is 4.74 Å². The number of benzene rings is 1. The van der Waals surface area contributed by atoms with Crippen molar-refractivity contribution in [2.75, 3.05) is 12.0 Å². The zero-order valence-corrected chi connectivity index (χ0v) is 14.5. The van der Waals surface area contributed by atoms with Crippen molar-refractivity contribution in [1.29, 1.82) is 0 Å². The van der Waals surface area contributed by atoms with Crippen LogP contribution in [0.15, 0.2) is 42.7 Å². The lowest BCUT2D eigenvalue weighted by molar-refractivity contribution is -0.0498. The smallest absolute Gasteiger partial charge is 0.387 e. The third-order valence-corrected chi connectivity index (χ3v) is 4.61. The molecule has 1 heterocycles. The van der Waals surface area contributed by atoms with Crippen LogP contribution in [0.25, 0.3) is 0 Å². The Morgan fingerprint density at radius 1 is 1.12 bits per heavy atom. The Balaban J connectivity index is 1.95. The number of pyridine rings is 1. The number of hydrogen-bond donors (Lipinski definition) is 1. The molecular weight excluding hydrogens is 342 g/mol. The second kappa shape index (κ2) is 8.31. The molecule has 1 N–H and O–H groups in total. The number of aliphatic hydroxyl groups excluding tert-OH is 1. The van der Waals surface area contributed by atoms with Gasteiger partial charge in [0.05, 0.1) is 19.4 Å². The predicted octanol–water partition coefficient (Wildman–Crippen LogP) is 4.13. The van der Waals surface area contributed by atoms with Crippen molar-refractivity contribution in [1.82, 2.24) is 4.98 Å². The lowest BCUT2D eigenvalue weighted by Crippen LogP contribution is -2.36. The summed E-state index contributed by atoms with van der Waals surface area (Å²) in [6.07, 6.45) is 6.18. The van der Waals surface area contributed by atoms with Crippen LogP contribution < -0.4 is 14.4 Å². The fourth-order valence-electron chi connectivity index (χ4n) is 3.38. The Morgan fingerprint density at radius 2 is 1.81 bits per heavy atom. The minimum Gasteiger partial charge on any atom is -0.494 e. The maximum atomic E-state index is 12.4. The van der Waals surface area contributed by atoms with Crippen LogP contribution in [0.4, 0.5) is 20.2 Å². The summed E-state index contributed by atoms with van der Waals surface area (Å²) >= 11 is 0. The maximum absolute atomic E-state index is 12.4. The van der Waals surface area contributed by atoms with Gasteiger partial charge in [-0.25, -0.2) is 0 Å². The molecule has 140 valence electrons. The van der Waals surface area contributed by atoms with E-state index in [0.29, 0.717) is 5.75 Å². The third-order valence-electron chi connectivity index (χ3n) is 4.61. The van der Waals surface area contributed by atoms with Crippen molar-refractivity contribution in [2.45, 2.75) is 44.4 Å². The molecule has 26 heavy (non-hydrogen) atoms. The number of nitrogens with zero attached hydrogens (tertiary/aromatic N) is 2. The summed E-state index contributed by atoms with van der Waals surface area (Å²) in [4.78, 5) is 6.31. The Labute approximate surface area is 151 Å². The first kappa shape index (κ1) is 18.4. The van der Waals surface area contributed by atoms with Gasteiger partial charge in [-0.15, -0.1) is 0 Å². The van der Waals surface area contributed by atoms with E-state index in [2.05, 4.69) is 14.6 Å². The first-order valence-corrected chi connectivity index (χ1v) is 8.58. The van der Waals surface area contributed by atoms with E-state index < -0.39 is 6.61 Å². The van der Waals surface area contributed by atoms with E-state index in [1.807, 2.05) is 0 Å². The molecule has 1 aliphatic carbocycles. The number of halogens is 2. The van der Waals surface area contributed by atoms with Gasteiger partial charge >= 0.3 is 6.61 Å². The fraction of sp³-hybridized carbons (Fsp3) is 0.421. The lowest BCUT2D eigenvalue weighted by Gasteiger charge is -2.37. The SMILES string of the molecule is COc1ccncc1N(c1ccc(OC(F)F)cc1)C1CCC(O)CC1. The van der Waals surface area contributed by atoms with Gasteiger partial charge in [0, 0.05) is 24.0 Å². The maximum Gasteiger partial charge on any atom is 0.387 e. The second-order valence-corrected chi connectivity index (χ2v) is 6.25. The number of ether oxygens (including phenoxy) is 2. The van der Waals surface area contributed by atoms with Crippen molar-refractivity contribution in [3.8, 4) is 11.5 Å². The monoisotopic (exact) mass is 364 g/mol. The molecule has 0 unspecified atom stereocenters. The van der Waals surface area contributed by atoms with E-state index in [1.165, 1.54) is 12.1 Å². The highest BCUT2D eigenvalue weighted by atomic mass is 19.3. The van der Waals surface area contributed by atoms with Crippen LogP contribution in [0, 0.1) is 0 Å². The Kier molecular flexibility index (Phi) is 5.88. The topological polar surface area (TPSA) is 54.8 Å². The molecule has 0 saturated heterocycles. The van der Waals surface area contributed by atoms with Crippen LogP contribution in [-0.2, 0) is 0 Å². The molecule has 7 heteroatoms. The van der Waals surface area contributed by atoms with Gasteiger partial charge < -0.3 is 19.5 Å². The van der Waals surface area contributed by atoms with Crippen LogP contribution in [0.1, 0.15) is 25.7 Å². The largest absolute Gasteiger partial charge is 0.494 e. The molecule has 0 amide bonds. The van der Waals surface area contributed by atoms with Gasteiger partial charge in [0.2, 0.25) is 0 Å². The summed E-state index contributed by atoms with van der Waals surface area (Å²) in [6.45, 7) is -2.85. The number of hydrogen-bond acceptors (Lipinski definition) is 5. The minimum absolute atomic E-state index is 0.112.